The molecule has 0 radical (unpaired) electrons. The molecule has 0 saturated carbocycles. The van der Waals surface area contributed by atoms with E-state index in [-0.39, 0.29) is 26.7 Å². The summed E-state index contributed by atoms with van der Waals surface area (Å²) in [6.45, 7) is 14.2. The monoisotopic (exact) mass is 648 g/mol. The molecule has 14 nitrogen and oxygen atoms in total. The van der Waals surface area contributed by atoms with Crippen molar-refractivity contribution in [3.63, 3.8) is 0 Å². The first kappa shape index (κ1) is 39.1. The standard InChI is InChI=1S/C16H22N2O6.C16H24N2O4.H2/c1-5-23-14(19)13(17-15(20)24-16(2,3)4)10-11-6-8-12(9-7-11)18(21)22;1-5-21-14(19)13(18-15(20)22-16(2,3)4)10-11-6-8-12(17)9-7-11;/h6-9,13H,5,10H2,1-4H3,(H,17,20);6-9,13H,5,10,17H2,1-4H3,(H,18,20);1H/t2*13-;/m11./s1. The summed E-state index contributed by atoms with van der Waals surface area (Å²) in [4.78, 5) is 57.9. The van der Waals surface area contributed by atoms with Crippen molar-refractivity contribution in [1.82, 2.24) is 10.6 Å². The highest BCUT2D eigenvalue weighted by atomic mass is 16.6. The minimum Gasteiger partial charge on any atom is -0.464 e. The van der Waals surface area contributed by atoms with Crippen molar-refractivity contribution in [2.45, 2.75) is 91.5 Å². The minimum atomic E-state index is -0.943. The van der Waals surface area contributed by atoms with Gasteiger partial charge in [-0.3, -0.25) is 10.1 Å². The van der Waals surface area contributed by atoms with Crippen molar-refractivity contribution in [2.24, 2.45) is 0 Å². The predicted molar refractivity (Wildman–Crippen MR) is 173 cm³/mol. The number of non-ortho nitro benzene ring substituents is 1. The molecule has 0 saturated heterocycles. The number of nitro benzene ring substituents is 1. The molecule has 46 heavy (non-hydrogen) atoms. The molecule has 0 fully saturated rings. The van der Waals surface area contributed by atoms with Gasteiger partial charge in [0.1, 0.15) is 23.3 Å². The number of esters is 2. The maximum absolute atomic E-state index is 12.0. The van der Waals surface area contributed by atoms with Gasteiger partial charge in [-0.05, 0) is 78.6 Å². The number of rotatable bonds is 11. The number of benzene rings is 2. The number of carbonyl (C=O) groups excluding carboxylic acids is 4. The van der Waals surface area contributed by atoms with E-state index in [9.17, 15) is 29.3 Å². The fraction of sp³-hybridized carbons (Fsp3) is 0.500. The molecule has 2 rings (SSSR count). The Kier molecular flexibility index (Phi) is 15.5. The highest BCUT2D eigenvalue weighted by Gasteiger charge is 2.27. The van der Waals surface area contributed by atoms with E-state index in [0.717, 1.165) is 5.56 Å². The number of ether oxygens (including phenoxy) is 4. The van der Waals surface area contributed by atoms with E-state index in [2.05, 4.69) is 10.6 Å². The SMILES string of the molecule is CCOC(=O)[C@@H](Cc1ccc(N)cc1)NC(=O)OC(C)(C)C.CCOC(=O)[C@@H](Cc1ccc([N+](=O)[O-])cc1)NC(=O)OC(C)(C)C.[HH]. The number of nitrogens with one attached hydrogen (secondary N) is 2. The molecule has 2 aromatic carbocycles. The Morgan fingerprint density at radius 1 is 0.739 bits per heavy atom. The summed E-state index contributed by atoms with van der Waals surface area (Å²) in [5, 5.41) is 15.7. The first-order valence-electron chi connectivity index (χ1n) is 14.7. The average Bonchev–Trinajstić information content (AvgIpc) is 2.92. The zero-order valence-electron chi connectivity index (χ0n) is 27.7. The van der Waals surface area contributed by atoms with Gasteiger partial charge in [-0.1, -0.05) is 24.3 Å². The smallest absolute Gasteiger partial charge is 0.408 e. The van der Waals surface area contributed by atoms with Crippen LogP contribution in [-0.4, -0.2) is 65.5 Å². The lowest BCUT2D eigenvalue weighted by Crippen LogP contribution is -2.45. The van der Waals surface area contributed by atoms with E-state index < -0.39 is 52.3 Å². The minimum absolute atomic E-state index is 0. The highest BCUT2D eigenvalue weighted by Crippen LogP contribution is 2.15. The second-order valence-electron chi connectivity index (χ2n) is 12.0. The summed E-state index contributed by atoms with van der Waals surface area (Å²) in [5.41, 5.74) is 6.40. The Morgan fingerprint density at radius 3 is 1.39 bits per heavy atom. The van der Waals surface area contributed by atoms with E-state index in [0.29, 0.717) is 17.7 Å². The Bertz CT molecular complexity index is 1310. The summed E-state index contributed by atoms with van der Waals surface area (Å²) >= 11 is 0. The summed E-state index contributed by atoms with van der Waals surface area (Å²) in [6, 6.07) is 11.1. The molecule has 0 spiro atoms. The quantitative estimate of drug-likeness (QED) is 0.0962. The number of carbonyl (C=O) groups is 4. The Balaban J connectivity index is 0.000000885. The van der Waals surface area contributed by atoms with E-state index in [1.54, 1.807) is 79.7 Å². The molecule has 0 bridgehead atoms. The van der Waals surface area contributed by atoms with Gasteiger partial charge >= 0.3 is 24.1 Å². The third-order valence-corrected chi connectivity index (χ3v) is 5.53. The molecule has 4 N–H and O–H groups in total. The lowest BCUT2D eigenvalue weighted by atomic mass is 10.1. The van der Waals surface area contributed by atoms with Crippen LogP contribution in [0.5, 0.6) is 0 Å². The van der Waals surface area contributed by atoms with Gasteiger partial charge < -0.3 is 35.3 Å². The average molecular weight is 649 g/mol. The van der Waals surface area contributed by atoms with Crippen LogP contribution in [0.3, 0.4) is 0 Å². The van der Waals surface area contributed by atoms with Crippen LogP contribution in [0.2, 0.25) is 0 Å². The molecule has 2 atom stereocenters. The summed E-state index contributed by atoms with van der Waals surface area (Å²) in [7, 11) is 0. The molecule has 0 aliphatic heterocycles. The third kappa shape index (κ3) is 16.3. The summed E-state index contributed by atoms with van der Waals surface area (Å²) in [6.07, 6.45) is -0.947. The Labute approximate surface area is 270 Å². The molecule has 0 aliphatic rings. The lowest BCUT2D eigenvalue weighted by Gasteiger charge is -2.23. The zero-order valence-corrected chi connectivity index (χ0v) is 27.7. The van der Waals surface area contributed by atoms with Gasteiger partial charge in [-0.15, -0.1) is 0 Å². The van der Waals surface area contributed by atoms with Crippen molar-refractivity contribution in [3.05, 3.63) is 69.8 Å². The van der Waals surface area contributed by atoms with E-state index >= 15 is 0 Å². The van der Waals surface area contributed by atoms with Crippen LogP contribution in [0.15, 0.2) is 48.5 Å². The van der Waals surface area contributed by atoms with Gasteiger partial charge in [0.2, 0.25) is 0 Å². The fourth-order valence-corrected chi connectivity index (χ4v) is 3.65. The van der Waals surface area contributed by atoms with Crippen LogP contribution in [0.4, 0.5) is 21.0 Å². The summed E-state index contributed by atoms with van der Waals surface area (Å²) < 4.78 is 20.3. The van der Waals surface area contributed by atoms with E-state index in [1.165, 1.54) is 24.3 Å². The number of anilines is 1. The molecule has 14 heteroatoms. The van der Waals surface area contributed by atoms with Gasteiger partial charge in [0.05, 0.1) is 18.1 Å². The number of alkyl carbamates (subject to hydrolysis) is 2. The molecular weight excluding hydrogens is 600 g/mol. The summed E-state index contributed by atoms with van der Waals surface area (Å²) in [5.74, 6) is -1.09. The zero-order chi connectivity index (χ0) is 35.1. The van der Waals surface area contributed by atoms with Crippen LogP contribution >= 0.6 is 0 Å². The topological polar surface area (TPSA) is 198 Å². The Hall–Kier alpha value is -4.88. The van der Waals surface area contributed by atoms with Gasteiger partial charge in [0.25, 0.3) is 5.69 Å². The first-order chi connectivity index (χ1) is 21.3. The lowest BCUT2D eigenvalue weighted by molar-refractivity contribution is -0.384. The van der Waals surface area contributed by atoms with Gasteiger partial charge in [0, 0.05) is 32.1 Å². The van der Waals surface area contributed by atoms with Crippen molar-refractivity contribution in [2.75, 3.05) is 18.9 Å². The third-order valence-electron chi connectivity index (χ3n) is 5.53. The van der Waals surface area contributed by atoms with Crippen molar-refractivity contribution in [3.8, 4) is 0 Å². The van der Waals surface area contributed by atoms with E-state index in [4.69, 9.17) is 24.7 Å². The predicted octanol–water partition coefficient (Wildman–Crippen LogP) is 5.11. The molecular formula is C32H48N4O10. The normalized spacial score (nSPS) is 12.3. The molecule has 2 aromatic rings. The highest BCUT2D eigenvalue weighted by molar-refractivity contribution is 5.82. The van der Waals surface area contributed by atoms with Crippen LogP contribution in [-0.2, 0) is 41.4 Å². The van der Waals surface area contributed by atoms with Crippen molar-refractivity contribution >= 4 is 35.5 Å². The number of amides is 2. The van der Waals surface area contributed by atoms with Crippen molar-refractivity contribution in [1.29, 1.82) is 0 Å². The van der Waals surface area contributed by atoms with Crippen LogP contribution in [0.25, 0.3) is 0 Å². The number of nitrogens with zero attached hydrogens (tertiary/aromatic N) is 1. The molecule has 256 valence electrons. The number of hydrogen-bond acceptors (Lipinski definition) is 11. The molecule has 2 amide bonds. The number of hydrogen-bond donors (Lipinski definition) is 3. The van der Waals surface area contributed by atoms with Gasteiger partial charge in [0.15, 0.2) is 0 Å². The first-order valence-corrected chi connectivity index (χ1v) is 14.7. The largest absolute Gasteiger partial charge is 0.464 e. The molecule has 0 unspecified atom stereocenters. The van der Waals surface area contributed by atoms with Crippen LogP contribution in [0.1, 0.15) is 67.9 Å². The molecule has 0 heterocycles. The number of nitrogen functional groups attached to an aromatic ring is 1. The van der Waals surface area contributed by atoms with Gasteiger partial charge in [-0.2, -0.15) is 0 Å². The van der Waals surface area contributed by atoms with Crippen LogP contribution in [0, 0.1) is 10.1 Å². The number of nitro groups is 1. The molecule has 0 aliphatic carbocycles. The van der Waals surface area contributed by atoms with Gasteiger partial charge in [-0.25, -0.2) is 19.2 Å². The second-order valence-corrected chi connectivity index (χ2v) is 12.0. The fourth-order valence-electron chi connectivity index (χ4n) is 3.65. The maximum Gasteiger partial charge on any atom is 0.408 e. The van der Waals surface area contributed by atoms with Crippen LogP contribution < -0.4 is 16.4 Å². The second kappa shape index (κ2) is 18.2. The van der Waals surface area contributed by atoms with Crippen molar-refractivity contribution < 1.29 is 44.5 Å². The number of nitrogens with two attached hydrogens (primary N) is 1. The maximum atomic E-state index is 12.0. The van der Waals surface area contributed by atoms with E-state index in [1.807, 2.05) is 0 Å². The Morgan fingerprint density at radius 2 is 1.09 bits per heavy atom. The molecule has 0 aromatic heterocycles.